The molecule has 1 atom stereocenters. The van der Waals surface area contributed by atoms with Gasteiger partial charge in [-0.25, -0.2) is 0 Å². The van der Waals surface area contributed by atoms with Gasteiger partial charge in [0, 0.05) is 11.1 Å². The summed E-state index contributed by atoms with van der Waals surface area (Å²) in [4.78, 5) is 11.3. The predicted molar refractivity (Wildman–Crippen MR) is 59.5 cm³/mol. The maximum Gasteiger partial charge on any atom is 0.249 e. The minimum absolute atomic E-state index is 0.0916. The number of hydrogen-bond acceptors (Lipinski definition) is 2. The Morgan fingerprint density at radius 3 is 2.80 bits per heavy atom. The van der Waals surface area contributed by atoms with Crippen molar-refractivity contribution in [1.82, 2.24) is 5.32 Å². The van der Waals surface area contributed by atoms with Crippen LogP contribution in [0.2, 0.25) is 0 Å². The fourth-order valence-electron chi connectivity index (χ4n) is 2.30. The predicted octanol–water partition coefficient (Wildman–Crippen LogP) is 1.38. The first-order chi connectivity index (χ1) is 7.13. The largest absolute Gasteiger partial charge is 0.366 e. The summed E-state index contributed by atoms with van der Waals surface area (Å²) in [5.74, 6) is -0.347. The van der Waals surface area contributed by atoms with Crippen LogP contribution in [-0.2, 0) is 5.54 Å². The number of primary amides is 1. The Hall–Kier alpha value is -1.35. The van der Waals surface area contributed by atoms with Crippen molar-refractivity contribution in [2.45, 2.75) is 25.3 Å². The molecule has 0 aromatic heterocycles. The summed E-state index contributed by atoms with van der Waals surface area (Å²) >= 11 is 0. The summed E-state index contributed by atoms with van der Waals surface area (Å²) in [6, 6.07) is 7.58. The number of amides is 1. The van der Waals surface area contributed by atoms with Crippen LogP contribution in [0, 0.1) is 0 Å². The molecule has 1 aromatic rings. The normalized spacial score (nSPS) is 25.4. The van der Waals surface area contributed by atoms with E-state index in [9.17, 15) is 4.79 Å². The maximum atomic E-state index is 11.3. The molecular formula is C12H16N2O. The zero-order valence-electron chi connectivity index (χ0n) is 8.92. The first-order valence-electron chi connectivity index (χ1n) is 5.28. The molecule has 1 heterocycles. The van der Waals surface area contributed by atoms with E-state index in [0.29, 0.717) is 5.56 Å². The van der Waals surface area contributed by atoms with Gasteiger partial charge in [-0.15, -0.1) is 0 Å². The van der Waals surface area contributed by atoms with E-state index in [4.69, 9.17) is 5.73 Å². The monoisotopic (exact) mass is 204 g/mol. The Bertz CT molecular complexity index is 381. The van der Waals surface area contributed by atoms with E-state index in [1.165, 1.54) is 0 Å². The third-order valence-electron chi connectivity index (χ3n) is 3.16. The highest BCUT2D eigenvalue weighted by atomic mass is 16.1. The van der Waals surface area contributed by atoms with Crippen LogP contribution < -0.4 is 11.1 Å². The second kappa shape index (κ2) is 3.66. The van der Waals surface area contributed by atoms with E-state index in [0.717, 1.165) is 24.9 Å². The Labute approximate surface area is 89.7 Å². The maximum absolute atomic E-state index is 11.3. The van der Waals surface area contributed by atoms with Crippen molar-refractivity contribution in [1.29, 1.82) is 0 Å². The number of rotatable bonds is 2. The molecule has 1 fully saturated rings. The molecule has 1 aliphatic rings. The number of nitrogens with one attached hydrogen (secondary N) is 1. The topological polar surface area (TPSA) is 55.1 Å². The average Bonchev–Trinajstić information content (AvgIpc) is 2.66. The molecule has 0 bridgehead atoms. The Balaban J connectivity index is 2.47. The molecule has 0 spiro atoms. The van der Waals surface area contributed by atoms with Crippen molar-refractivity contribution >= 4 is 5.91 Å². The molecule has 1 aromatic carbocycles. The minimum Gasteiger partial charge on any atom is -0.366 e. The second-order valence-electron chi connectivity index (χ2n) is 4.27. The SMILES string of the molecule is CC1(c2ccccc2C(N)=O)CCCN1. The highest BCUT2D eigenvalue weighted by Crippen LogP contribution is 2.32. The zero-order valence-corrected chi connectivity index (χ0v) is 8.92. The van der Waals surface area contributed by atoms with E-state index in [2.05, 4.69) is 12.2 Å². The third kappa shape index (κ3) is 1.75. The van der Waals surface area contributed by atoms with E-state index in [1.807, 2.05) is 18.2 Å². The van der Waals surface area contributed by atoms with Gasteiger partial charge in [0.2, 0.25) is 5.91 Å². The lowest BCUT2D eigenvalue weighted by Gasteiger charge is -2.26. The molecule has 1 saturated heterocycles. The Morgan fingerprint density at radius 2 is 2.20 bits per heavy atom. The average molecular weight is 204 g/mol. The molecule has 1 aliphatic heterocycles. The molecule has 80 valence electrons. The van der Waals surface area contributed by atoms with Crippen molar-refractivity contribution in [2.24, 2.45) is 5.73 Å². The molecular weight excluding hydrogens is 188 g/mol. The highest BCUT2D eigenvalue weighted by Gasteiger charge is 2.32. The fourth-order valence-corrected chi connectivity index (χ4v) is 2.30. The zero-order chi connectivity index (χ0) is 10.9. The van der Waals surface area contributed by atoms with Gasteiger partial charge in [-0.1, -0.05) is 18.2 Å². The number of benzene rings is 1. The van der Waals surface area contributed by atoms with Crippen LogP contribution in [0.1, 0.15) is 35.7 Å². The van der Waals surface area contributed by atoms with Crippen molar-refractivity contribution in [2.75, 3.05) is 6.54 Å². The summed E-state index contributed by atoms with van der Waals surface area (Å²) in [6.07, 6.45) is 2.20. The number of nitrogens with two attached hydrogens (primary N) is 1. The highest BCUT2D eigenvalue weighted by molar-refractivity contribution is 5.94. The molecule has 1 amide bonds. The molecule has 0 saturated carbocycles. The van der Waals surface area contributed by atoms with Gasteiger partial charge in [0.1, 0.15) is 0 Å². The smallest absolute Gasteiger partial charge is 0.249 e. The van der Waals surface area contributed by atoms with Gasteiger partial charge in [-0.2, -0.15) is 0 Å². The van der Waals surface area contributed by atoms with E-state index < -0.39 is 0 Å². The quantitative estimate of drug-likeness (QED) is 0.764. The molecule has 0 aliphatic carbocycles. The minimum atomic E-state index is -0.347. The van der Waals surface area contributed by atoms with E-state index in [1.54, 1.807) is 6.07 Å². The van der Waals surface area contributed by atoms with Crippen LogP contribution >= 0.6 is 0 Å². The third-order valence-corrected chi connectivity index (χ3v) is 3.16. The lowest BCUT2D eigenvalue weighted by Crippen LogP contribution is -2.35. The van der Waals surface area contributed by atoms with Gasteiger partial charge in [0.25, 0.3) is 0 Å². The van der Waals surface area contributed by atoms with Gasteiger partial charge in [-0.05, 0) is 37.9 Å². The van der Waals surface area contributed by atoms with Gasteiger partial charge >= 0.3 is 0 Å². The summed E-state index contributed by atoms with van der Waals surface area (Å²) in [6.45, 7) is 3.13. The van der Waals surface area contributed by atoms with Crippen LogP contribution in [0.5, 0.6) is 0 Å². The number of hydrogen-bond donors (Lipinski definition) is 2. The first kappa shape index (κ1) is 10.2. The molecule has 3 N–H and O–H groups in total. The van der Waals surface area contributed by atoms with Gasteiger partial charge in [0.05, 0.1) is 0 Å². The van der Waals surface area contributed by atoms with Crippen LogP contribution in [0.3, 0.4) is 0 Å². The van der Waals surface area contributed by atoms with Crippen molar-refractivity contribution in [3.8, 4) is 0 Å². The van der Waals surface area contributed by atoms with Gasteiger partial charge in [-0.3, -0.25) is 4.79 Å². The lowest BCUT2D eigenvalue weighted by atomic mass is 9.87. The first-order valence-corrected chi connectivity index (χ1v) is 5.28. The summed E-state index contributed by atoms with van der Waals surface area (Å²) in [5.41, 5.74) is 6.94. The lowest BCUT2D eigenvalue weighted by molar-refractivity contribution is 0.0997. The molecule has 3 heteroatoms. The van der Waals surface area contributed by atoms with Gasteiger partial charge in [0.15, 0.2) is 0 Å². The molecule has 0 radical (unpaired) electrons. The summed E-state index contributed by atoms with van der Waals surface area (Å²) < 4.78 is 0. The standard InChI is InChI=1S/C12H16N2O/c1-12(7-4-8-14-12)10-6-3-2-5-9(10)11(13)15/h2-3,5-6,14H,4,7-8H2,1H3,(H2,13,15). The van der Waals surface area contributed by atoms with Crippen LogP contribution in [0.15, 0.2) is 24.3 Å². The summed E-state index contributed by atoms with van der Waals surface area (Å²) in [5, 5.41) is 3.44. The van der Waals surface area contributed by atoms with Crippen molar-refractivity contribution in [3.63, 3.8) is 0 Å². The van der Waals surface area contributed by atoms with Crippen LogP contribution in [0.4, 0.5) is 0 Å². The van der Waals surface area contributed by atoms with Gasteiger partial charge < -0.3 is 11.1 Å². The van der Waals surface area contributed by atoms with Crippen LogP contribution in [0.25, 0.3) is 0 Å². The molecule has 3 nitrogen and oxygen atoms in total. The number of carbonyl (C=O) groups excluding carboxylic acids is 1. The van der Waals surface area contributed by atoms with E-state index >= 15 is 0 Å². The Kier molecular flexibility index (Phi) is 2.49. The van der Waals surface area contributed by atoms with E-state index in [-0.39, 0.29) is 11.4 Å². The van der Waals surface area contributed by atoms with Crippen molar-refractivity contribution in [3.05, 3.63) is 35.4 Å². The van der Waals surface area contributed by atoms with Crippen LogP contribution in [-0.4, -0.2) is 12.5 Å². The molecule has 15 heavy (non-hydrogen) atoms. The Morgan fingerprint density at radius 1 is 1.47 bits per heavy atom. The molecule has 2 rings (SSSR count). The second-order valence-corrected chi connectivity index (χ2v) is 4.27. The van der Waals surface area contributed by atoms with Crippen molar-refractivity contribution < 1.29 is 4.79 Å². The number of carbonyl (C=O) groups is 1. The molecule has 1 unspecified atom stereocenters. The fraction of sp³-hybridized carbons (Fsp3) is 0.417. The summed E-state index contributed by atoms with van der Waals surface area (Å²) in [7, 11) is 0.